The number of aryl methyl sites for hydroxylation is 1. The van der Waals surface area contributed by atoms with Crippen molar-refractivity contribution in [3.63, 3.8) is 0 Å². The van der Waals surface area contributed by atoms with Crippen molar-refractivity contribution >= 4 is 11.9 Å². The predicted molar refractivity (Wildman–Crippen MR) is 100 cm³/mol. The number of nitrogens with one attached hydrogen (secondary N) is 1. The molecule has 5 rings (SSSR count). The molecule has 6 nitrogen and oxygen atoms in total. The van der Waals surface area contributed by atoms with Crippen LogP contribution >= 0.6 is 0 Å². The second-order valence-corrected chi connectivity index (χ2v) is 8.15. The Hall–Kier alpha value is -2.63. The standard InChI is InChI=1S/C21H25N3O3/c1-24-14-16(17(23-24)13-15-5-3-2-4-6-15)18(25)22-21-10-7-20(8-11-21,9-12-21)19(26)27/h2-6,14H,7-13H2,1H3,(H,22,25)(H,26,27). The maximum absolute atomic E-state index is 13.1. The van der Waals surface area contributed by atoms with E-state index in [-0.39, 0.29) is 11.4 Å². The number of nitrogens with zero attached hydrogens (tertiary/aromatic N) is 2. The summed E-state index contributed by atoms with van der Waals surface area (Å²) in [5.41, 5.74) is 1.65. The van der Waals surface area contributed by atoms with Gasteiger partial charge in [-0.05, 0) is 44.1 Å². The zero-order valence-electron chi connectivity index (χ0n) is 15.6. The van der Waals surface area contributed by atoms with Gasteiger partial charge in [0.25, 0.3) is 5.91 Å². The van der Waals surface area contributed by atoms with Crippen molar-refractivity contribution < 1.29 is 14.7 Å². The molecule has 2 aromatic rings. The Morgan fingerprint density at radius 3 is 2.33 bits per heavy atom. The number of carbonyl (C=O) groups excluding carboxylic acids is 1. The Balaban J connectivity index is 1.51. The van der Waals surface area contributed by atoms with Gasteiger partial charge in [0.1, 0.15) is 0 Å². The second kappa shape index (κ2) is 6.51. The molecule has 0 saturated heterocycles. The van der Waals surface area contributed by atoms with E-state index in [4.69, 9.17) is 0 Å². The fourth-order valence-electron chi connectivity index (χ4n) is 4.65. The molecule has 0 spiro atoms. The van der Waals surface area contributed by atoms with Crippen LogP contribution in [-0.4, -0.2) is 32.3 Å². The molecule has 0 atom stereocenters. The molecule has 3 aliphatic carbocycles. The molecule has 2 N–H and O–H groups in total. The zero-order chi connectivity index (χ0) is 19.1. The summed E-state index contributed by atoms with van der Waals surface area (Å²) in [4.78, 5) is 24.7. The second-order valence-electron chi connectivity index (χ2n) is 8.15. The molecule has 142 valence electrons. The maximum Gasteiger partial charge on any atom is 0.309 e. The summed E-state index contributed by atoms with van der Waals surface area (Å²) in [5, 5.41) is 17.3. The number of fused-ring (bicyclic) bond motifs is 3. The average Bonchev–Trinajstić information content (AvgIpc) is 3.04. The van der Waals surface area contributed by atoms with Gasteiger partial charge >= 0.3 is 5.97 Å². The molecule has 3 fully saturated rings. The van der Waals surface area contributed by atoms with Crippen LogP contribution in [-0.2, 0) is 18.3 Å². The smallest absolute Gasteiger partial charge is 0.309 e. The van der Waals surface area contributed by atoms with E-state index in [0.29, 0.717) is 31.2 Å². The average molecular weight is 367 g/mol. The number of hydrogen-bond donors (Lipinski definition) is 2. The lowest BCUT2D eigenvalue weighted by molar-refractivity contribution is -0.156. The molecule has 3 aliphatic rings. The number of carboxylic acid groups (broad SMARTS) is 1. The van der Waals surface area contributed by atoms with Gasteiger partial charge in [0.05, 0.1) is 16.7 Å². The van der Waals surface area contributed by atoms with Gasteiger partial charge in [0, 0.05) is 25.2 Å². The normalized spacial score (nSPS) is 26.7. The molecule has 1 aromatic heterocycles. The van der Waals surface area contributed by atoms with Crippen LogP contribution in [0.3, 0.4) is 0 Å². The number of amides is 1. The van der Waals surface area contributed by atoms with E-state index < -0.39 is 11.4 Å². The summed E-state index contributed by atoms with van der Waals surface area (Å²) in [6, 6.07) is 10.00. The lowest BCUT2D eigenvalue weighted by Gasteiger charge is -2.51. The molecule has 0 aliphatic heterocycles. The topological polar surface area (TPSA) is 84.2 Å². The van der Waals surface area contributed by atoms with Crippen molar-refractivity contribution in [2.45, 2.75) is 50.5 Å². The summed E-state index contributed by atoms with van der Waals surface area (Å²) < 4.78 is 1.68. The van der Waals surface area contributed by atoms with Gasteiger partial charge in [-0.25, -0.2) is 0 Å². The monoisotopic (exact) mass is 367 g/mol. The van der Waals surface area contributed by atoms with Gasteiger partial charge in [-0.2, -0.15) is 5.10 Å². The minimum atomic E-state index is -0.681. The minimum Gasteiger partial charge on any atom is -0.481 e. The molecule has 2 bridgehead atoms. The number of aromatic nitrogens is 2. The van der Waals surface area contributed by atoms with E-state index in [1.807, 2.05) is 37.4 Å². The van der Waals surface area contributed by atoms with E-state index >= 15 is 0 Å². The van der Waals surface area contributed by atoms with E-state index in [1.54, 1.807) is 10.9 Å². The summed E-state index contributed by atoms with van der Waals surface area (Å²) in [6.45, 7) is 0. The first-order valence-electron chi connectivity index (χ1n) is 9.54. The molecular weight excluding hydrogens is 342 g/mol. The van der Waals surface area contributed by atoms with Crippen molar-refractivity contribution in [1.29, 1.82) is 0 Å². The number of carboxylic acids is 1. The van der Waals surface area contributed by atoms with Crippen LogP contribution in [0, 0.1) is 5.41 Å². The highest BCUT2D eigenvalue weighted by Crippen LogP contribution is 2.52. The highest BCUT2D eigenvalue weighted by Gasteiger charge is 2.53. The van der Waals surface area contributed by atoms with Gasteiger partial charge in [-0.15, -0.1) is 0 Å². The Morgan fingerprint density at radius 1 is 1.11 bits per heavy atom. The largest absolute Gasteiger partial charge is 0.481 e. The quantitative estimate of drug-likeness (QED) is 0.851. The Labute approximate surface area is 158 Å². The van der Waals surface area contributed by atoms with E-state index in [9.17, 15) is 14.7 Å². The third-order valence-electron chi connectivity index (χ3n) is 6.44. The Bertz CT molecular complexity index is 848. The van der Waals surface area contributed by atoms with E-state index in [1.165, 1.54) is 0 Å². The third-order valence-corrected chi connectivity index (χ3v) is 6.44. The summed E-state index contributed by atoms with van der Waals surface area (Å²) in [5.74, 6) is -0.779. The third kappa shape index (κ3) is 3.24. The number of hydrogen-bond acceptors (Lipinski definition) is 3. The van der Waals surface area contributed by atoms with Gasteiger partial charge < -0.3 is 10.4 Å². The molecule has 3 saturated carbocycles. The Morgan fingerprint density at radius 2 is 1.74 bits per heavy atom. The SMILES string of the molecule is Cn1cc(C(=O)NC23CCC(C(=O)O)(CC2)CC3)c(Cc2ccccc2)n1. The van der Waals surface area contributed by atoms with E-state index in [2.05, 4.69) is 10.4 Å². The van der Waals surface area contributed by atoms with Crippen molar-refractivity contribution in [2.24, 2.45) is 12.5 Å². The highest BCUT2D eigenvalue weighted by molar-refractivity contribution is 5.95. The van der Waals surface area contributed by atoms with Crippen LogP contribution < -0.4 is 5.32 Å². The summed E-state index contributed by atoms with van der Waals surface area (Å²) in [7, 11) is 1.83. The summed E-state index contributed by atoms with van der Waals surface area (Å²) in [6.07, 6.45) is 6.53. The number of aliphatic carboxylic acids is 1. The van der Waals surface area contributed by atoms with Crippen LogP contribution in [0.4, 0.5) is 0 Å². The molecule has 1 amide bonds. The molecular formula is C21H25N3O3. The van der Waals surface area contributed by atoms with Gasteiger partial charge in [0.15, 0.2) is 0 Å². The summed E-state index contributed by atoms with van der Waals surface area (Å²) >= 11 is 0. The van der Waals surface area contributed by atoms with Crippen molar-refractivity contribution in [3.8, 4) is 0 Å². The lowest BCUT2D eigenvalue weighted by Crippen LogP contribution is -2.58. The van der Waals surface area contributed by atoms with Gasteiger partial charge in [-0.1, -0.05) is 30.3 Å². The van der Waals surface area contributed by atoms with E-state index in [0.717, 1.165) is 30.5 Å². The fraction of sp³-hybridized carbons (Fsp3) is 0.476. The minimum absolute atomic E-state index is 0.0984. The molecule has 6 heteroatoms. The van der Waals surface area contributed by atoms with Crippen molar-refractivity contribution in [2.75, 3.05) is 0 Å². The number of benzene rings is 1. The molecule has 27 heavy (non-hydrogen) atoms. The first kappa shape index (κ1) is 17.8. The van der Waals surface area contributed by atoms with Crippen molar-refractivity contribution in [1.82, 2.24) is 15.1 Å². The molecule has 1 aromatic carbocycles. The van der Waals surface area contributed by atoms with Crippen LogP contribution in [0.2, 0.25) is 0 Å². The highest BCUT2D eigenvalue weighted by atomic mass is 16.4. The molecule has 1 heterocycles. The van der Waals surface area contributed by atoms with Gasteiger partial charge in [0.2, 0.25) is 0 Å². The van der Waals surface area contributed by atoms with Gasteiger partial charge in [-0.3, -0.25) is 14.3 Å². The van der Waals surface area contributed by atoms with Crippen LogP contribution in [0.5, 0.6) is 0 Å². The Kier molecular flexibility index (Phi) is 4.29. The molecule has 0 radical (unpaired) electrons. The molecule has 0 unspecified atom stereocenters. The zero-order valence-corrected chi connectivity index (χ0v) is 15.6. The lowest BCUT2D eigenvalue weighted by atomic mass is 9.57. The number of rotatable bonds is 5. The first-order chi connectivity index (χ1) is 12.9. The van der Waals surface area contributed by atoms with Crippen LogP contribution in [0.15, 0.2) is 36.5 Å². The predicted octanol–water partition coefficient (Wildman–Crippen LogP) is 2.92. The fourth-order valence-corrected chi connectivity index (χ4v) is 4.65. The van der Waals surface area contributed by atoms with Crippen molar-refractivity contribution in [3.05, 3.63) is 53.3 Å². The van der Waals surface area contributed by atoms with Crippen LogP contribution in [0.25, 0.3) is 0 Å². The first-order valence-corrected chi connectivity index (χ1v) is 9.54. The number of carbonyl (C=O) groups is 2. The maximum atomic E-state index is 13.1. The van der Waals surface area contributed by atoms with Crippen LogP contribution in [0.1, 0.15) is 60.1 Å².